The predicted molar refractivity (Wildman–Crippen MR) is 78.4 cm³/mol. The average molecular weight is 239 g/mol. The monoisotopic (exact) mass is 239 g/mol. The van der Waals surface area contributed by atoms with Gasteiger partial charge in [-0.25, -0.2) is 0 Å². The molecule has 0 saturated carbocycles. The molecule has 0 saturated heterocycles. The molecule has 94 valence electrons. The summed E-state index contributed by atoms with van der Waals surface area (Å²) in [6.45, 7) is 4.34. The summed E-state index contributed by atoms with van der Waals surface area (Å²) in [5.41, 5.74) is 9.94. The average Bonchev–Trinajstić information content (AvgIpc) is 2.40. The molecule has 2 rings (SSSR count). The third-order valence-corrected chi connectivity index (χ3v) is 3.39. The summed E-state index contributed by atoms with van der Waals surface area (Å²) in [7, 11) is 0. The second kappa shape index (κ2) is 5.83. The van der Waals surface area contributed by atoms with Crippen LogP contribution in [0.4, 0.5) is 0 Å². The van der Waals surface area contributed by atoms with E-state index in [4.69, 9.17) is 5.73 Å². The van der Waals surface area contributed by atoms with Gasteiger partial charge in [0.25, 0.3) is 0 Å². The van der Waals surface area contributed by atoms with E-state index in [9.17, 15) is 0 Å². The van der Waals surface area contributed by atoms with Crippen molar-refractivity contribution in [3.63, 3.8) is 0 Å². The summed E-state index contributed by atoms with van der Waals surface area (Å²) < 4.78 is 0. The molecule has 0 aromatic heterocycles. The van der Waals surface area contributed by atoms with Gasteiger partial charge in [-0.1, -0.05) is 68.4 Å². The third-order valence-electron chi connectivity index (χ3n) is 3.39. The van der Waals surface area contributed by atoms with Gasteiger partial charge >= 0.3 is 0 Å². The standard InChI is InChI=1S/C17H21N/c1-13(2)17(18)12-14-8-10-16(11-9-14)15-6-4-3-5-7-15/h3-11,13,17H,12,18H2,1-2H3/t17-/m1/s1. The van der Waals surface area contributed by atoms with E-state index in [2.05, 4.69) is 62.4 Å². The molecule has 0 bridgehead atoms. The van der Waals surface area contributed by atoms with Gasteiger partial charge < -0.3 is 5.73 Å². The predicted octanol–water partition coefficient (Wildman–Crippen LogP) is 3.88. The minimum absolute atomic E-state index is 0.243. The Balaban J connectivity index is 2.11. The Kier molecular flexibility index (Phi) is 4.16. The molecule has 0 aliphatic carbocycles. The van der Waals surface area contributed by atoms with Gasteiger partial charge in [0.1, 0.15) is 0 Å². The molecule has 0 radical (unpaired) electrons. The Labute approximate surface area is 110 Å². The normalized spacial score (nSPS) is 12.7. The van der Waals surface area contributed by atoms with E-state index in [1.54, 1.807) is 0 Å². The van der Waals surface area contributed by atoms with Crippen LogP contribution in [0.25, 0.3) is 11.1 Å². The Morgan fingerprint density at radius 2 is 1.39 bits per heavy atom. The number of rotatable bonds is 4. The smallest absolute Gasteiger partial charge is 0.0102 e. The lowest BCUT2D eigenvalue weighted by Gasteiger charge is -2.15. The van der Waals surface area contributed by atoms with Crippen molar-refractivity contribution in [1.29, 1.82) is 0 Å². The van der Waals surface area contributed by atoms with Crippen molar-refractivity contribution >= 4 is 0 Å². The van der Waals surface area contributed by atoms with E-state index in [0.717, 1.165) is 6.42 Å². The lowest BCUT2D eigenvalue weighted by Crippen LogP contribution is -2.28. The van der Waals surface area contributed by atoms with Crippen molar-refractivity contribution in [3.05, 3.63) is 60.2 Å². The fourth-order valence-corrected chi connectivity index (χ4v) is 1.97. The fraction of sp³-hybridized carbons (Fsp3) is 0.294. The topological polar surface area (TPSA) is 26.0 Å². The van der Waals surface area contributed by atoms with E-state index in [1.165, 1.54) is 16.7 Å². The van der Waals surface area contributed by atoms with Crippen LogP contribution < -0.4 is 5.73 Å². The largest absolute Gasteiger partial charge is 0.327 e. The molecule has 2 aromatic rings. The highest BCUT2D eigenvalue weighted by Gasteiger charge is 2.08. The molecule has 0 spiro atoms. The maximum absolute atomic E-state index is 6.10. The zero-order chi connectivity index (χ0) is 13.0. The van der Waals surface area contributed by atoms with Crippen molar-refractivity contribution in [2.75, 3.05) is 0 Å². The van der Waals surface area contributed by atoms with E-state index < -0.39 is 0 Å². The maximum Gasteiger partial charge on any atom is 0.0102 e. The van der Waals surface area contributed by atoms with E-state index in [1.807, 2.05) is 6.07 Å². The fourth-order valence-electron chi connectivity index (χ4n) is 1.97. The molecule has 0 fully saturated rings. The Morgan fingerprint density at radius 3 is 1.94 bits per heavy atom. The van der Waals surface area contributed by atoms with Gasteiger partial charge in [-0.2, -0.15) is 0 Å². The highest BCUT2D eigenvalue weighted by molar-refractivity contribution is 5.63. The number of hydrogen-bond donors (Lipinski definition) is 1. The Hall–Kier alpha value is -1.60. The molecule has 2 N–H and O–H groups in total. The van der Waals surface area contributed by atoms with Crippen LogP contribution >= 0.6 is 0 Å². The molecule has 1 nitrogen and oxygen atoms in total. The number of benzene rings is 2. The molecule has 0 aliphatic heterocycles. The van der Waals surface area contributed by atoms with Crippen LogP contribution in [0.1, 0.15) is 19.4 Å². The molecule has 0 amide bonds. The molecule has 0 heterocycles. The van der Waals surface area contributed by atoms with Gasteiger partial charge in [0.05, 0.1) is 0 Å². The number of hydrogen-bond acceptors (Lipinski definition) is 1. The number of nitrogens with two attached hydrogens (primary N) is 1. The van der Waals surface area contributed by atoms with Gasteiger partial charge in [0.2, 0.25) is 0 Å². The van der Waals surface area contributed by atoms with Crippen molar-refractivity contribution in [1.82, 2.24) is 0 Å². The third kappa shape index (κ3) is 3.21. The minimum Gasteiger partial charge on any atom is -0.327 e. The quantitative estimate of drug-likeness (QED) is 0.861. The van der Waals surface area contributed by atoms with Crippen LogP contribution in [0.5, 0.6) is 0 Å². The van der Waals surface area contributed by atoms with Gasteiger partial charge in [-0.15, -0.1) is 0 Å². The van der Waals surface area contributed by atoms with Crippen LogP contribution in [-0.4, -0.2) is 6.04 Å². The van der Waals surface area contributed by atoms with Crippen LogP contribution in [0, 0.1) is 5.92 Å². The van der Waals surface area contributed by atoms with Crippen LogP contribution in [0.3, 0.4) is 0 Å². The van der Waals surface area contributed by atoms with Crippen molar-refractivity contribution in [3.8, 4) is 11.1 Å². The highest BCUT2D eigenvalue weighted by Crippen LogP contribution is 2.20. The summed E-state index contributed by atoms with van der Waals surface area (Å²) >= 11 is 0. The van der Waals surface area contributed by atoms with Crippen LogP contribution in [0.2, 0.25) is 0 Å². The first-order valence-corrected chi connectivity index (χ1v) is 6.57. The lowest BCUT2D eigenvalue weighted by atomic mass is 9.96. The van der Waals surface area contributed by atoms with Crippen molar-refractivity contribution in [2.45, 2.75) is 26.3 Å². The summed E-state index contributed by atoms with van der Waals surface area (Å²) in [6, 6.07) is 19.4. The molecule has 2 aromatic carbocycles. The molecule has 0 unspecified atom stereocenters. The summed E-state index contributed by atoms with van der Waals surface area (Å²) in [5.74, 6) is 0.527. The highest BCUT2D eigenvalue weighted by atomic mass is 14.6. The molecule has 1 heteroatoms. The first-order chi connectivity index (χ1) is 8.66. The second-order valence-electron chi connectivity index (χ2n) is 5.17. The van der Waals surface area contributed by atoms with Crippen molar-refractivity contribution in [2.24, 2.45) is 11.7 Å². The second-order valence-corrected chi connectivity index (χ2v) is 5.17. The maximum atomic E-state index is 6.10. The first kappa shape index (κ1) is 12.8. The van der Waals surface area contributed by atoms with Crippen LogP contribution in [0.15, 0.2) is 54.6 Å². The summed E-state index contributed by atoms with van der Waals surface area (Å²) in [4.78, 5) is 0. The minimum atomic E-state index is 0.243. The SMILES string of the molecule is CC(C)[C@H](N)Cc1ccc(-c2ccccc2)cc1. The first-order valence-electron chi connectivity index (χ1n) is 6.57. The zero-order valence-electron chi connectivity index (χ0n) is 11.1. The van der Waals surface area contributed by atoms with Gasteiger partial charge in [0.15, 0.2) is 0 Å². The van der Waals surface area contributed by atoms with E-state index in [-0.39, 0.29) is 6.04 Å². The lowest BCUT2D eigenvalue weighted by molar-refractivity contribution is 0.490. The van der Waals surface area contributed by atoms with E-state index >= 15 is 0 Å². The van der Waals surface area contributed by atoms with E-state index in [0.29, 0.717) is 5.92 Å². The summed E-state index contributed by atoms with van der Waals surface area (Å²) in [5, 5.41) is 0. The van der Waals surface area contributed by atoms with Gasteiger partial charge in [-0.3, -0.25) is 0 Å². The zero-order valence-corrected chi connectivity index (χ0v) is 11.1. The summed E-state index contributed by atoms with van der Waals surface area (Å²) in [6.07, 6.45) is 0.951. The Morgan fingerprint density at radius 1 is 0.833 bits per heavy atom. The Bertz CT molecular complexity index is 471. The molecule has 0 aliphatic rings. The van der Waals surface area contributed by atoms with Crippen LogP contribution in [-0.2, 0) is 6.42 Å². The molecular weight excluding hydrogens is 218 g/mol. The molecule has 18 heavy (non-hydrogen) atoms. The van der Waals surface area contributed by atoms with Crippen molar-refractivity contribution < 1.29 is 0 Å². The molecule has 1 atom stereocenters. The van der Waals surface area contributed by atoms with Gasteiger partial charge in [-0.05, 0) is 29.0 Å². The van der Waals surface area contributed by atoms with Gasteiger partial charge in [0, 0.05) is 6.04 Å². The molecular formula is C17H21N.